The SMILES string of the molecule is CCN(CC)CCNC(=O)c1ccc(NC(=O)c2coc(CN)c2)cc1. The van der Waals surface area contributed by atoms with Gasteiger partial charge in [0.1, 0.15) is 12.0 Å². The number of likely N-dealkylation sites (N-methyl/N-ethyl adjacent to an activating group) is 1. The number of nitrogens with one attached hydrogen (secondary N) is 2. The Morgan fingerprint density at radius 3 is 2.35 bits per heavy atom. The molecule has 0 saturated heterocycles. The third-order valence-electron chi connectivity index (χ3n) is 4.13. The molecular weight excluding hydrogens is 332 g/mol. The summed E-state index contributed by atoms with van der Waals surface area (Å²) in [5.74, 6) is 0.134. The van der Waals surface area contributed by atoms with E-state index in [-0.39, 0.29) is 18.4 Å². The van der Waals surface area contributed by atoms with E-state index in [1.165, 1.54) is 6.26 Å². The van der Waals surface area contributed by atoms with Gasteiger partial charge in [0, 0.05) is 24.3 Å². The van der Waals surface area contributed by atoms with Crippen molar-refractivity contribution in [3.63, 3.8) is 0 Å². The monoisotopic (exact) mass is 358 g/mol. The molecule has 4 N–H and O–H groups in total. The molecule has 2 rings (SSSR count). The van der Waals surface area contributed by atoms with Gasteiger partial charge in [-0.15, -0.1) is 0 Å². The van der Waals surface area contributed by atoms with Gasteiger partial charge in [0.05, 0.1) is 12.1 Å². The minimum absolute atomic E-state index is 0.127. The Balaban J connectivity index is 1.87. The highest BCUT2D eigenvalue weighted by Crippen LogP contribution is 2.13. The second-order valence-corrected chi connectivity index (χ2v) is 5.82. The number of carbonyl (C=O) groups excluding carboxylic acids is 2. The number of amides is 2. The van der Waals surface area contributed by atoms with Crippen molar-refractivity contribution in [2.45, 2.75) is 20.4 Å². The number of hydrogen-bond acceptors (Lipinski definition) is 5. The summed E-state index contributed by atoms with van der Waals surface area (Å²) in [7, 11) is 0. The summed E-state index contributed by atoms with van der Waals surface area (Å²) in [4.78, 5) is 26.5. The molecule has 0 aliphatic rings. The van der Waals surface area contributed by atoms with Crippen molar-refractivity contribution >= 4 is 17.5 Å². The van der Waals surface area contributed by atoms with Crippen LogP contribution in [0.2, 0.25) is 0 Å². The highest BCUT2D eigenvalue weighted by molar-refractivity contribution is 6.04. The molecule has 1 heterocycles. The molecule has 2 aromatic rings. The Kier molecular flexibility index (Phi) is 7.37. The van der Waals surface area contributed by atoms with Crippen LogP contribution in [0.15, 0.2) is 41.0 Å². The smallest absolute Gasteiger partial charge is 0.258 e. The number of anilines is 1. The van der Waals surface area contributed by atoms with E-state index in [2.05, 4.69) is 29.4 Å². The standard InChI is InChI=1S/C19H26N4O3/c1-3-23(4-2)10-9-21-18(24)14-5-7-16(8-6-14)22-19(25)15-11-17(12-20)26-13-15/h5-8,11,13H,3-4,9-10,12,20H2,1-2H3,(H,21,24)(H,22,25). The van der Waals surface area contributed by atoms with Crippen LogP contribution in [0.3, 0.4) is 0 Å². The average molecular weight is 358 g/mol. The second kappa shape index (κ2) is 9.74. The quantitative estimate of drug-likeness (QED) is 0.637. The van der Waals surface area contributed by atoms with Gasteiger partial charge in [-0.2, -0.15) is 0 Å². The molecule has 0 bridgehead atoms. The molecule has 0 atom stereocenters. The molecule has 2 amide bonds. The number of nitrogens with two attached hydrogens (primary N) is 1. The van der Waals surface area contributed by atoms with Crippen LogP contribution in [0.1, 0.15) is 40.3 Å². The summed E-state index contributed by atoms with van der Waals surface area (Å²) in [6.45, 7) is 7.78. The molecule has 0 radical (unpaired) electrons. The van der Waals surface area contributed by atoms with E-state index in [9.17, 15) is 9.59 Å². The van der Waals surface area contributed by atoms with Gasteiger partial charge in [0.25, 0.3) is 11.8 Å². The first-order valence-electron chi connectivity index (χ1n) is 8.76. The molecule has 7 nitrogen and oxygen atoms in total. The van der Waals surface area contributed by atoms with Crippen molar-refractivity contribution in [1.82, 2.24) is 10.2 Å². The fraction of sp³-hybridized carbons (Fsp3) is 0.368. The topological polar surface area (TPSA) is 101 Å². The van der Waals surface area contributed by atoms with Crippen LogP contribution in [-0.4, -0.2) is 42.9 Å². The zero-order valence-corrected chi connectivity index (χ0v) is 15.2. The predicted octanol–water partition coefficient (Wildman–Crippen LogP) is 2.06. The van der Waals surface area contributed by atoms with Gasteiger partial charge in [0.2, 0.25) is 0 Å². The van der Waals surface area contributed by atoms with Crippen LogP contribution in [0.25, 0.3) is 0 Å². The first-order valence-corrected chi connectivity index (χ1v) is 8.76. The second-order valence-electron chi connectivity index (χ2n) is 5.82. The maximum Gasteiger partial charge on any atom is 0.258 e. The third-order valence-corrected chi connectivity index (χ3v) is 4.13. The predicted molar refractivity (Wildman–Crippen MR) is 101 cm³/mol. The van der Waals surface area contributed by atoms with Crippen molar-refractivity contribution < 1.29 is 14.0 Å². The van der Waals surface area contributed by atoms with E-state index >= 15 is 0 Å². The molecule has 140 valence electrons. The van der Waals surface area contributed by atoms with Gasteiger partial charge in [-0.3, -0.25) is 9.59 Å². The Hall–Kier alpha value is -2.64. The molecule has 0 fully saturated rings. The summed E-state index contributed by atoms with van der Waals surface area (Å²) < 4.78 is 5.15. The fourth-order valence-corrected chi connectivity index (χ4v) is 2.48. The third kappa shape index (κ3) is 5.44. The summed E-state index contributed by atoms with van der Waals surface area (Å²) >= 11 is 0. The number of carbonyl (C=O) groups is 2. The molecule has 7 heteroatoms. The van der Waals surface area contributed by atoms with Gasteiger partial charge in [-0.25, -0.2) is 0 Å². The first kappa shape index (κ1) is 19.7. The molecule has 1 aromatic heterocycles. The minimum Gasteiger partial charge on any atom is -0.467 e. The number of furan rings is 1. The lowest BCUT2D eigenvalue weighted by molar-refractivity contribution is 0.0948. The van der Waals surface area contributed by atoms with Crippen LogP contribution in [0.5, 0.6) is 0 Å². The first-order chi connectivity index (χ1) is 12.6. The van der Waals surface area contributed by atoms with E-state index in [0.717, 1.165) is 19.6 Å². The number of nitrogens with zero attached hydrogens (tertiary/aromatic N) is 1. The van der Waals surface area contributed by atoms with Gasteiger partial charge >= 0.3 is 0 Å². The van der Waals surface area contributed by atoms with Crippen LogP contribution in [0.4, 0.5) is 5.69 Å². The lowest BCUT2D eigenvalue weighted by Crippen LogP contribution is -2.34. The zero-order chi connectivity index (χ0) is 18.9. The van der Waals surface area contributed by atoms with E-state index in [1.54, 1.807) is 30.3 Å². The van der Waals surface area contributed by atoms with E-state index < -0.39 is 0 Å². The molecule has 0 spiro atoms. The Morgan fingerprint density at radius 1 is 1.08 bits per heavy atom. The lowest BCUT2D eigenvalue weighted by atomic mass is 10.2. The minimum atomic E-state index is -0.287. The number of rotatable bonds is 9. The Bertz CT molecular complexity index is 721. The van der Waals surface area contributed by atoms with Crippen LogP contribution >= 0.6 is 0 Å². The molecule has 26 heavy (non-hydrogen) atoms. The van der Waals surface area contributed by atoms with Crippen molar-refractivity contribution in [3.05, 3.63) is 53.5 Å². The van der Waals surface area contributed by atoms with E-state index in [1.807, 2.05) is 0 Å². The highest BCUT2D eigenvalue weighted by atomic mass is 16.3. The van der Waals surface area contributed by atoms with Crippen molar-refractivity contribution in [3.8, 4) is 0 Å². The number of benzene rings is 1. The van der Waals surface area contributed by atoms with Crippen molar-refractivity contribution in [2.24, 2.45) is 5.73 Å². The molecular formula is C19H26N4O3. The van der Waals surface area contributed by atoms with E-state index in [4.69, 9.17) is 10.2 Å². The Morgan fingerprint density at radius 2 is 1.77 bits per heavy atom. The maximum absolute atomic E-state index is 12.2. The summed E-state index contributed by atoms with van der Waals surface area (Å²) in [6, 6.07) is 8.36. The van der Waals surface area contributed by atoms with E-state index in [0.29, 0.717) is 29.1 Å². The highest BCUT2D eigenvalue weighted by Gasteiger charge is 2.11. The lowest BCUT2D eigenvalue weighted by Gasteiger charge is -2.17. The summed E-state index contributed by atoms with van der Waals surface area (Å²) in [6.07, 6.45) is 1.37. The van der Waals surface area contributed by atoms with Gasteiger partial charge < -0.3 is 25.7 Å². The van der Waals surface area contributed by atoms with Gasteiger partial charge in [-0.1, -0.05) is 13.8 Å². The maximum atomic E-state index is 12.2. The largest absolute Gasteiger partial charge is 0.467 e. The van der Waals surface area contributed by atoms with Gasteiger partial charge in [0.15, 0.2) is 0 Å². The fourth-order valence-electron chi connectivity index (χ4n) is 2.48. The Labute approximate surface area is 153 Å². The molecule has 1 aromatic carbocycles. The van der Waals surface area contributed by atoms with Crippen molar-refractivity contribution in [2.75, 3.05) is 31.5 Å². The molecule has 0 aliphatic heterocycles. The molecule has 0 saturated carbocycles. The summed E-state index contributed by atoms with van der Waals surface area (Å²) in [5, 5.41) is 5.66. The average Bonchev–Trinajstić information content (AvgIpc) is 3.15. The van der Waals surface area contributed by atoms with Crippen molar-refractivity contribution in [1.29, 1.82) is 0 Å². The van der Waals surface area contributed by atoms with Crippen LogP contribution in [0, 0.1) is 0 Å². The van der Waals surface area contributed by atoms with Crippen LogP contribution in [-0.2, 0) is 6.54 Å². The molecule has 0 unspecified atom stereocenters. The molecule has 0 aliphatic carbocycles. The van der Waals surface area contributed by atoms with Gasteiger partial charge in [-0.05, 0) is 43.4 Å². The normalized spacial score (nSPS) is 10.8. The zero-order valence-electron chi connectivity index (χ0n) is 15.2. The number of hydrogen-bond donors (Lipinski definition) is 3. The summed E-state index contributed by atoms with van der Waals surface area (Å²) in [5.41, 5.74) is 7.02. The van der Waals surface area contributed by atoms with Crippen LogP contribution < -0.4 is 16.4 Å².